The fourth-order valence-electron chi connectivity index (χ4n) is 0.826. The molecule has 0 atom stereocenters. The Kier molecular flexibility index (Phi) is 3.78. The molecule has 0 saturated heterocycles. The molecule has 0 spiro atoms. The summed E-state index contributed by atoms with van der Waals surface area (Å²) in [5.74, 6) is 0. The van der Waals surface area contributed by atoms with Crippen molar-refractivity contribution in [3.63, 3.8) is 0 Å². The van der Waals surface area contributed by atoms with E-state index in [1.165, 1.54) is 0 Å². The van der Waals surface area contributed by atoms with Crippen molar-refractivity contribution in [2.24, 2.45) is 5.73 Å². The summed E-state index contributed by atoms with van der Waals surface area (Å²) in [7, 11) is 0. The summed E-state index contributed by atoms with van der Waals surface area (Å²) in [5, 5.41) is 0. The fraction of sp³-hybridized carbons (Fsp3) is 0.222. The molecular weight excluding hydrogens is 170 g/mol. The largest absolute Gasteiger partial charge is 0.509 e. The molecule has 0 radical (unpaired) electrons. The monoisotopic (exact) mass is 181 g/mol. The van der Waals surface area contributed by atoms with Gasteiger partial charge >= 0.3 is 6.16 Å². The predicted molar refractivity (Wildman–Crippen MR) is 46.8 cm³/mol. The number of rotatable bonds is 3. The Morgan fingerprint density at radius 3 is 2.54 bits per heavy atom. The molecule has 0 aliphatic rings. The van der Waals surface area contributed by atoms with Crippen molar-refractivity contribution in [2.75, 3.05) is 6.73 Å². The van der Waals surface area contributed by atoms with Gasteiger partial charge in [-0.15, -0.1) is 0 Å². The van der Waals surface area contributed by atoms with Gasteiger partial charge in [0, 0.05) is 0 Å². The molecule has 0 fully saturated rings. The number of nitrogens with two attached hydrogens (primary N) is 1. The average Bonchev–Trinajstić information content (AvgIpc) is 2.17. The highest BCUT2D eigenvalue weighted by Gasteiger charge is 2.01. The third kappa shape index (κ3) is 3.57. The van der Waals surface area contributed by atoms with E-state index in [4.69, 9.17) is 10.5 Å². The smallest absolute Gasteiger partial charge is 0.429 e. The number of carbonyl (C=O) groups is 1. The minimum Gasteiger partial charge on any atom is -0.429 e. The minimum absolute atomic E-state index is 0.159. The first-order valence-electron chi connectivity index (χ1n) is 3.86. The minimum atomic E-state index is -0.744. The van der Waals surface area contributed by atoms with Gasteiger partial charge in [-0.2, -0.15) is 0 Å². The van der Waals surface area contributed by atoms with Gasteiger partial charge in [-0.25, -0.2) is 4.79 Å². The Labute approximate surface area is 76.3 Å². The molecule has 4 nitrogen and oxygen atoms in total. The van der Waals surface area contributed by atoms with Gasteiger partial charge in [-0.3, -0.25) is 5.73 Å². The molecule has 70 valence electrons. The second kappa shape index (κ2) is 5.16. The Morgan fingerprint density at radius 2 is 1.92 bits per heavy atom. The van der Waals surface area contributed by atoms with Gasteiger partial charge in [-0.05, 0) is 5.56 Å². The van der Waals surface area contributed by atoms with Crippen LogP contribution < -0.4 is 5.73 Å². The van der Waals surface area contributed by atoms with Gasteiger partial charge in [-0.1, -0.05) is 30.3 Å². The van der Waals surface area contributed by atoms with E-state index in [-0.39, 0.29) is 13.3 Å². The summed E-state index contributed by atoms with van der Waals surface area (Å²) < 4.78 is 9.11. The van der Waals surface area contributed by atoms with Gasteiger partial charge in [0.25, 0.3) is 0 Å². The molecule has 1 aromatic carbocycles. The highest BCUT2D eigenvalue weighted by Crippen LogP contribution is 2.00. The van der Waals surface area contributed by atoms with Crippen molar-refractivity contribution in [1.29, 1.82) is 0 Å². The van der Waals surface area contributed by atoms with Crippen molar-refractivity contribution in [2.45, 2.75) is 6.61 Å². The molecule has 13 heavy (non-hydrogen) atoms. The van der Waals surface area contributed by atoms with Crippen LogP contribution in [0.3, 0.4) is 0 Å². The maximum Gasteiger partial charge on any atom is 0.509 e. The van der Waals surface area contributed by atoms with E-state index in [0.717, 1.165) is 5.56 Å². The number of hydrogen-bond donors (Lipinski definition) is 1. The standard InChI is InChI=1S/C9H11NO3/c10-7-13-9(11)12-6-8-4-2-1-3-5-8/h1-5H,6-7,10H2. The van der Waals surface area contributed by atoms with Crippen molar-refractivity contribution >= 4 is 6.16 Å². The van der Waals surface area contributed by atoms with Gasteiger partial charge in [0.15, 0.2) is 0 Å². The van der Waals surface area contributed by atoms with Crippen LogP contribution in [0, 0.1) is 0 Å². The van der Waals surface area contributed by atoms with Gasteiger partial charge < -0.3 is 9.47 Å². The van der Waals surface area contributed by atoms with Crippen molar-refractivity contribution in [1.82, 2.24) is 0 Å². The van der Waals surface area contributed by atoms with Crippen LogP contribution in [0.15, 0.2) is 30.3 Å². The zero-order chi connectivity index (χ0) is 9.52. The highest BCUT2D eigenvalue weighted by atomic mass is 16.7. The summed E-state index contributed by atoms with van der Waals surface area (Å²) in [5.41, 5.74) is 5.89. The van der Waals surface area contributed by atoms with E-state index < -0.39 is 6.16 Å². The molecule has 0 heterocycles. The quantitative estimate of drug-likeness (QED) is 0.563. The van der Waals surface area contributed by atoms with Gasteiger partial charge in [0.05, 0.1) is 0 Å². The summed E-state index contributed by atoms with van der Waals surface area (Å²) in [6, 6.07) is 9.34. The lowest BCUT2D eigenvalue weighted by Gasteiger charge is -2.03. The molecule has 0 saturated carbocycles. The Balaban J connectivity index is 2.31. The molecule has 0 amide bonds. The number of carbonyl (C=O) groups excluding carboxylic acids is 1. The van der Waals surface area contributed by atoms with Gasteiger partial charge in [0.2, 0.25) is 0 Å². The molecule has 0 aromatic heterocycles. The van der Waals surface area contributed by atoms with E-state index >= 15 is 0 Å². The summed E-state index contributed by atoms with van der Waals surface area (Å²) >= 11 is 0. The Hall–Kier alpha value is -1.55. The topological polar surface area (TPSA) is 61.5 Å². The third-order valence-electron chi connectivity index (χ3n) is 1.40. The fourth-order valence-corrected chi connectivity index (χ4v) is 0.826. The molecule has 4 heteroatoms. The molecule has 1 aromatic rings. The summed E-state index contributed by atoms with van der Waals surface area (Å²) in [4.78, 5) is 10.7. The molecular formula is C9H11NO3. The SMILES string of the molecule is NCOC(=O)OCc1ccccc1. The lowest BCUT2D eigenvalue weighted by molar-refractivity contribution is 0.0517. The van der Waals surface area contributed by atoms with Crippen LogP contribution in [0.4, 0.5) is 4.79 Å². The molecule has 0 bridgehead atoms. The van der Waals surface area contributed by atoms with Crippen LogP contribution in [-0.4, -0.2) is 12.9 Å². The van der Waals surface area contributed by atoms with Crippen LogP contribution in [0.2, 0.25) is 0 Å². The van der Waals surface area contributed by atoms with Crippen LogP contribution in [0.25, 0.3) is 0 Å². The molecule has 0 aliphatic heterocycles. The second-order valence-corrected chi connectivity index (χ2v) is 2.34. The van der Waals surface area contributed by atoms with Crippen LogP contribution >= 0.6 is 0 Å². The maximum atomic E-state index is 10.7. The van der Waals surface area contributed by atoms with Gasteiger partial charge in [0.1, 0.15) is 13.3 Å². The van der Waals surface area contributed by atoms with Crippen LogP contribution in [0.5, 0.6) is 0 Å². The average molecular weight is 181 g/mol. The Morgan fingerprint density at radius 1 is 1.23 bits per heavy atom. The van der Waals surface area contributed by atoms with E-state index in [9.17, 15) is 4.79 Å². The maximum absolute atomic E-state index is 10.7. The lowest BCUT2D eigenvalue weighted by atomic mass is 10.2. The molecule has 0 aliphatic carbocycles. The van der Waals surface area contributed by atoms with E-state index in [2.05, 4.69) is 4.74 Å². The van der Waals surface area contributed by atoms with E-state index in [0.29, 0.717) is 0 Å². The molecule has 1 rings (SSSR count). The number of ether oxygens (including phenoxy) is 2. The van der Waals surface area contributed by atoms with E-state index in [1.54, 1.807) is 0 Å². The summed E-state index contributed by atoms with van der Waals surface area (Å²) in [6.07, 6.45) is -0.744. The normalized spacial score (nSPS) is 9.31. The second-order valence-electron chi connectivity index (χ2n) is 2.34. The van der Waals surface area contributed by atoms with Crippen LogP contribution in [-0.2, 0) is 16.1 Å². The first-order chi connectivity index (χ1) is 6.33. The molecule has 0 unspecified atom stereocenters. The van der Waals surface area contributed by atoms with Crippen molar-refractivity contribution < 1.29 is 14.3 Å². The van der Waals surface area contributed by atoms with Crippen molar-refractivity contribution in [3.05, 3.63) is 35.9 Å². The van der Waals surface area contributed by atoms with Crippen molar-refractivity contribution in [3.8, 4) is 0 Å². The van der Waals surface area contributed by atoms with E-state index in [1.807, 2.05) is 30.3 Å². The highest BCUT2D eigenvalue weighted by molar-refractivity contribution is 5.59. The third-order valence-corrected chi connectivity index (χ3v) is 1.40. The zero-order valence-electron chi connectivity index (χ0n) is 7.10. The summed E-state index contributed by atoms with van der Waals surface area (Å²) in [6.45, 7) is 0.0489. The first-order valence-corrected chi connectivity index (χ1v) is 3.86. The molecule has 2 N–H and O–H groups in total. The van der Waals surface area contributed by atoms with Crippen LogP contribution in [0.1, 0.15) is 5.56 Å². The number of benzene rings is 1. The first kappa shape index (κ1) is 9.54. The Bertz CT molecular complexity index is 261. The lowest BCUT2D eigenvalue weighted by Crippen LogP contribution is -2.13. The number of hydrogen-bond acceptors (Lipinski definition) is 4. The predicted octanol–water partition coefficient (Wildman–Crippen LogP) is 1.26. The zero-order valence-corrected chi connectivity index (χ0v) is 7.10.